The van der Waals surface area contributed by atoms with Gasteiger partial charge in [0.05, 0.1) is 0 Å². The van der Waals surface area contributed by atoms with Gasteiger partial charge in [0, 0.05) is 23.9 Å². The van der Waals surface area contributed by atoms with Gasteiger partial charge >= 0.3 is 0 Å². The Balaban J connectivity index is 1.93. The van der Waals surface area contributed by atoms with Crippen LogP contribution in [0.5, 0.6) is 0 Å². The van der Waals surface area contributed by atoms with Crippen LogP contribution in [0.3, 0.4) is 0 Å². The predicted octanol–water partition coefficient (Wildman–Crippen LogP) is 4.27. The number of benzene rings is 2. The molecule has 0 radical (unpaired) electrons. The van der Waals surface area contributed by atoms with Gasteiger partial charge in [-0.25, -0.2) is 0 Å². The van der Waals surface area contributed by atoms with Crippen LogP contribution < -0.4 is 0 Å². The fourth-order valence-electron chi connectivity index (χ4n) is 2.24. The Bertz CT molecular complexity index is 608. The van der Waals surface area contributed by atoms with Gasteiger partial charge in [-0.15, -0.1) is 0 Å². The van der Waals surface area contributed by atoms with Crippen molar-refractivity contribution < 1.29 is 0 Å². The van der Waals surface area contributed by atoms with E-state index in [4.69, 9.17) is 0 Å². The van der Waals surface area contributed by atoms with Crippen molar-refractivity contribution in [2.75, 3.05) is 0 Å². The Morgan fingerprint density at radius 2 is 1.39 bits per heavy atom. The lowest BCUT2D eigenvalue weighted by Gasteiger charge is -2.04. The number of rotatable bonds is 3. The van der Waals surface area contributed by atoms with Crippen LogP contribution in [0.25, 0.3) is 11.1 Å². The highest BCUT2D eigenvalue weighted by atomic mass is 14.7. The van der Waals surface area contributed by atoms with Crippen molar-refractivity contribution in [1.29, 1.82) is 0 Å². The molecule has 2 aromatic carbocycles. The smallest absolute Gasteiger partial charge is 0.0271 e. The molecule has 1 heteroatoms. The molecule has 1 heterocycles. The molecule has 1 aromatic heterocycles. The highest BCUT2D eigenvalue weighted by Gasteiger charge is 2.06. The third-order valence-electron chi connectivity index (χ3n) is 3.14. The van der Waals surface area contributed by atoms with Crippen LogP contribution in [0, 0.1) is 0 Å². The normalized spacial score (nSPS) is 10.4. The third kappa shape index (κ3) is 2.21. The third-order valence-corrected chi connectivity index (χ3v) is 3.14. The molecule has 0 atom stereocenters. The first-order chi connectivity index (χ1) is 8.93. The Hall–Kier alpha value is -2.28. The number of aromatic nitrogens is 1. The monoisotopic (exact) mass is 233 g/mol. The van der Waals surface area contributed by atoms with Crippen LogP contribution in [0.2, 0.25) is 0 Å². The first kappa shape index (κ1) is 10.8. The van der Waals surface area contributed by atoms with Gasteiger partial charge in [0.25, 0.3) is 0 Å². The van der Waals surface area contributed by atoms with Crippen molar-refractivity contribution in [1.82, 2.24) is 4.98 Å². The van der Waals surface area contributed by atoms with E-state index in [1.54, 1.807) is 0 Å². The first-order valence-corrected chi connectivity index (χ1v) is 6.19. The number of aromatic amines is 1. The summed E-state index contributed by atoms with van der Waals surface area (Å²) in [5, 5.41) is 0. The molecule has 0 fully saturated rings. The largest absolute Gasteiger partial charge is 0.364 e. The minimum absolute atomic E-state index is 0.943. The molecule has 3 rings (SSSR count). The molecule has 0 saturated carbocycles. The Kier molecular flexibility index (Phi) is 2.97. The van der Waals surface area contributed by atoms with Crippen LogP contribution in [0.1, 0.15) is 11.3 Å². The standard InChI is InChI=1S/C17H15N/c1-3-7-14(8-4-1)13-17-16(11-12-18-17)15-9-5-2-6-10-15/h1-12,18H,13H2. The topological polar surface area (TPSA) is 15.8 Å². The van der Waals surface area contributed by atoms with Crippen LogP contribution in [0.15, 0.2) is 72.9 Å². The van der Waals surface area contributed by atoms with Crippen molar-refractivity contribution in [2.24, 2.45) is 0 Å². The molecule has 1 nitrogen and oxygen atoms in total. The van der Waals surface area contributed by atoms with E-state index in [2.05, 4.69) is 65.6 Å². The summed E-state index contributed by atoms with van der Waals surface area (Å²) in [6, 6.07) is 23.2. The average Bonchev–Trinajstić information content (AvgIpc) is 2.89. The summed E-state index contributed by atoms with van der Waals surface area (Å²) in [7, 11) is 0. The van der Waals surface area contributed by atoms with Crippen LogP contribution >= 0.6 is 0 Å². The summed E-state index contributed by atoms with van der Waals surface area (Å²) in [4.78, 5) is 3.35. The second-order valence-electron chi connectivity index (χ2n) is 4.40. The molecule has 0 unspecified atom stereocenters. The molecular formula is C17H15N. The van der Waals surface area contributed by atoms with Crippen molar-refractivity contribution >= 4 is 0 Å². The van der Waals surface area contributed by atoms with Crippen molar-refractivity contribution in [3.63, 3.8) is 0 Å². The molecule has 0 aliphatic heterocycles. The van der Waals surface area contributed by atoms with Gasteiger partial charge in [-0.1, -0.05) is 60.7 Å². The number of hydrogen-bond acceptors (Lipinski definition) is 0. The predicted molar refractivity (Wildman–Crippen MR) is 75.5 cm³/mol. The molecule has 88 valence electrons. The van der Waals surface area contributed by atoms with Crippen molar-refractivity contribution in [3.8, 4) is 11.1 Å². The fraction of sp³-hybridized carbons (Fsp3) is 0.0588. The summed E-state index contributed by atoms with van der Waals surface area (Å²) in [5.41, 5.74) is 5.16. The van der Waals surface area contributed by atoms with Gasteiger partial charge in [-0.3, -0.25) is 0 Å². The van der Waals surface area contributed by atoms with Gasteiger partial charge in [0.2, 0.25) is 0 Å². The molecular weight excluding hydrogens is 218 g/mol. The maximum Gasteiger partial charge on any atom is 0.0271 e. The highest BCUT2D eigenvalue weighted by molar-refractivity contribution is 5.66. The first-order valence-electron chi connectivity index (χ1n) is 6.19. The molecule has 0 saturated heterocycles. The lowest BCUT2D eigenvalue weighted by Crippen LogP contribution is -1.90. The fourth-order valence-corrected chi connectivity index (χ4v) is 2.24. The van der Waals surface area contributed by atoms with E-state index in [0.717, 1.165) is 6.42 Å². The van der Waals surface area contributed by atoms with Gasteiger partial charge in [-0.2, -0.15) is 0 Å². The van der Waals surface area contributed by atoms with Gasteiger partial charge < -0.3 is 4.98 Å². The van der Waals surface area contributed by atoms with Crippen molar-refractivity contribution in [3.05, 3.63) is 84.2 Å². The van der Waals surface area contributed by atoms with Crippen LogP contribution in [-0.4, -0.2) is 4.98 Å². The molecule has 1 N–H and O–H groups in total. The average molecular weight is 233 g/mol. The maximum atomic E-state index is 3.35. The molecule has 0 bridgehead atoms. The molecule has 3 aromatic rings. The Morgan fingerprint density at radius 3 is 2.11 bits per heavy atom. The Labute approximate surface area is 107 Å². The zero-order valence-corrected chi connectivity index (χ0v) is 10.1. The summed E-state index contributed by atoms with van der Waals surface area (Å²) in [5.74, 6) is 0. The zero-order valence-electron chi connectivity index (χ0n) is 10.1. The second kappa shape index (κ2) is 4.92. The summed E-state index contributed by atoms with van der Waals surface area (Å²) in [6.07, 6.45) is 2.96. The quantitative estimate of drug-likeness (QED) is 0.695. The summed E-state index contributed by atoms with van der Waals surface area (Å²) >= 11 is 0. The minimum Gasteiger partial charge on any atom is -0.364 e. The molecule has 0 amide bonds. The maximum absolute atomic E-state index is 3.35. The zero-order chi connectivity index (χ0) is 12.2. The van der Waals surface area contributed by atoms with E-state index >= 15 is 0 Å². The lowest BCUT2D eigenvalue weighted by atomic mass is 10.0. The summed E-state index contributed by atoms with van der Waals surface area (Å²) < 4.78 is 0. The number of nitrogens with one attached hydrogen (secondary N) is 1. The Morgan fingerprint density at radius 1 is 0.722 bits per heavy atom. The second-order valence-corrected chi connectivity index (χ2v) is 4.40. The SMILES string of the molecule is c1ccc(Cc2[nH]ccc2-c2ccccc2)cc1. The van der Waals surface area contributed by atoms with E-state index in [-0.39, 0.29) is 0 Å². The molecule has 18 heavy (non-hydrogen) atoms. The van der Waals surface area contributed by atoms with E-state index in [0.29, 0.717) is 0 Å². The van der Waals surface area contributed by atoms with Crippen LogP contribution in [-0.2, 0) is 6.42 Å². The summed E-state index contributed by atoms with van der Waals surface area (Å²) in [6.45, 7) is 0. The number of hydrogen-bond donors (Lipinski definition) is 1. The lowest BCUT2D eigenvalue weighted by molar-refractivity contribution is 1.11. The number of H-pyrrole nitrogens is 1. The van der Waals surface area contributed by atoms with E-state index in [1.807, 2.05) is 12.3 Å². The molecule has 0 aliphatic carbocycles. The van der Waals surface area contributed by atoms with E-state index in [9.17, 15) is 0 Å². The molecule has 0 aliphatic rings. The van der Waals surface area contributed by atoms with Crippen molar-refractivity contribution in [2.45, 2.75) is 6.42 Å². The van der Waals surface area contributed by atoms with Crippen LogP contribution in [0.4, 0.5) is 0 Å². The van der Waals surface area contributed by atoms with E-state index < -0.39 is 0 Å². The highest BCUT2D eigenvalue weighted by Crippen LogP contribution is 2.24. The minimum atomic E-state index is 0.943. The van der Waals surface area contributed by atoms with Gasteiger partial charge in [0.1, 0.15) is 0 Å². The van der Waals surface area contributed by atoms with E-state index in [1.165, 1.54) is 22.4 Å². The molecule has 0 spiro atoms. The van der Waals surface area contributed by atoms with Gasteiger partial charge in [0.15, 0.2) is 0 Å². The van der Waals surface area contributed by atoms with Gasteiger partial charge in [-0.05, 0) is 17.2 Å².